The quantitative estimate of drug-likeness (QED) is 0.854. The SMILES string of the molecule is Cc1nsc(N2CCCN(C(=O)C3CCNC3)CC2)n1.Cl.Cl. The molecule has 1 unspecified atom stereocenters. The Kier molecular flexibility index (Phi) is 7.82. The molecular weight excluding hydrogens is 345 g/mol. The first-order valence-electron chi connectivity index (χ1n) is 7.29. The fourth-order valence-electron chi connectivity index (χ4n) is 2.87. The van der Waals surface area contributed by atoms with Crippen molar-refractivity contribution in [1.29, 1.82) is 0 Å². The van der Waals surface area contributed by atoms with E-state index in [2.05, 4.69) is 19.6 Å². The number of nitrogens with zero attached hydrogens (tertiary/aromatic N) is 4. The van der Waals surface area contributed by atoms with Gasteiger partial charge in [-0.15, -0.1) is 24.8 Å². The molecule has 0 radical (unpaired) electrons. The summed E-state index contributed by atoms with van der Waals surface area (Å²) < 4.78 is 4.24. The molecule has 1 aromatic heterocycles. The van der Waals surface area contributed by atoms with Crippen molar-refractivity contribution in [1.82, 2.24) is 19.6 Å². The number of carbonyl (C=O) groups excluding carboxylic acids is 1. The van der Waals surface area contributed by atoms with E-state index < -0.39 is 0 Å². The molecule has 126 valence electrons. The van der Waals surface area contributed by atoms with Gasteiger partial charge in [0.05, 0.1) is 5.92 Å². The third-order valence-corrected chi connectivity index (χ3v) is 4.87. The maximum atomic E-state index is 12.4. The van der Waals surface area contributed by atoms with E-state index in [4.69, 9.17) is 0 Å². The topological polar surface area (TPSA) is 61.4 Å². The number of hydrogen-bond acceptors (Lipinski definition) is 6. The van der Waals surface area contributed by atoms with E-state index in [-0.39, 0.29) is 30.7 Å². The predicted octanol–water partition coefficient (Wildman–Crippen LogP) is 1.34. The van der Waals surface area contributed by atoms with Crippen LogP contribution in [0.3, 0.4) is 0 Å². The fraction of sp³-hybridized carbons (Fsp3) is 0.769. The molecule has 0 saturated carbocycles. The number of hydrogen-bond donors (Lipinski definition) is 1. The lowest BCUT2D eigenvalue weighted by atomic mass is 10.1. The molecule has 0 aliphatic carbocycles. The Morgan fingerprint density at radius 2 is 2.09 bits per heavy atom. The lowest BCUT2D eigenvalue weighted by molar-refractivity contribution is -0.134. The molecule has 1 N–H and O–H groups in total. The smallest absolute Gasteiger partial charge is 0.227 e. The largest absolute Gasteiger partial charge is 0.345 e. The van der Waals surface area contributed by atoms with Crippen LogP contribution in [-0.4, -0.2) is 59.4 Å². The summed E-state index contributed by atoms with van der Waals surface area (Å²) in [6.07, 6.45) is 1.99. The number of nitrogens with one attached hydrogen (secondary N) is 1. The van der Waals surface area contributed by atoms with Gasteiger partial charge >= 0.3 is 0 Å². The molecule has 1 atom stereocenters. The van der Waals surface area contributed by atoms with Gasteiger partial charge in [0.1, 0.15) is 5.82 Å². The first kappa shape index (κ1) is 19.4. The Bertz CT molecular complexity index is 481. The molecule has 9 heteroatoms. The summed E-state index contributed by atoms with van der Waals surface area (Å²) >= 11 is 1.45. The van der Waals surface area contributed by atoms with E-state index in [1.54, 1.807) is 0 Å². The molecule has 3 rings (SSSR count). The summed E-state index contributed by atoms with van der Waals surface area (Å²) in [6, 6.07) is 0. The Hall–Kier alpha value is -0.630. The fourth-order valence-corrected chi connectivity index (χ4v) is 3.59. The highest BCUT2D eigenvalue weighted by Gasteiger charge is 2.28. The highest BCUT2D eigenvalue weighted by Crippen LogP contribution is 2.20. The number of anilines is 1. The highest BCUT2D eigenvalue weighted by atomic mass is 35.5. The van der Waals surface area contributed by atoms with Crippen LogP contribution in [0, 0.1) is 12.8 Å². The van der Waals surface area contributed by atoms with Gasteiger partial charge in [0, 0.05) is 44.3 Å². The van der Waals surface area contributed by atoms with Crippen LogP contribution < -0.4 is 10.2 Å². The van der Waals surface area contributed by atoms with Crippen LogP contribution in [0.15, 0.2) is 0 Å². The van der Waals surface area contributed by atoms with E-state index >= 15 is 0 Å². The van der Waals surface area contributed by atoms with Gasteiger partial charge < -0.3 is 15.1 Å². The molecule has 0 aromatic carbocycles. The number of halogens is 2. The minimum atomic E-state index is 0. The van der Waals surface area contributed by atoms with Crippen LogP contribution >= 0.6 is 36.3 Å². The average molecular weight is 368 g/mol. The normalized spacial score (nSPS) is 21.8. The van der Waals surface area contributed by atoms with Crippen LogP contribution in [0.1, 0.15) is 18.7 Å². The van der Waals surface area contributed by atoms with Gasteiger partial charge in [0.2, 0.25) is 11.0 Å². The van der Waals surface area contributed by atoms with Crippen LogP contribution in [0.2, 0.25) is 0 Å². The molecule has 22 heavy (non-hydrogen) atoms. The molecule has 2 aliphatic heterocycles. The first-order valence-corrected chi connectivity index (χ1v) is 8.06. The van der Waals surface area contributed by atoms with Crippen molar-refractivity contribution in [3.8, 4) is 0 Å². The first-order chi connectivity index (χ1) is 9.74. The number of aryl methyl sites for hydroxylation is 1. The second-order valence-corrected chi connectivity index (χ2v) is 6.21. The van der Waals surface area contributed by atoms with Crippen molar-refractivity contribution in [2.24, 2.45) is 5.92 Å². The number of amides is 1. The van der Waals surface area contributed by atoms with Gasteiger partial charge in [-0.25, -0.2) is 4.98 Å². The maximum Gasteiger partial charge on any atom is 0.227 e. The van der Waals surface area contributed by atoms with Crippen LogP contribution in [0.25, 0.3) is 0 Å². The van der Waals surface area contributed by atoms with Gasteiger partial charge in [0.25, 0.3) is 0 Å². The van der Waals surface area contributed by atoms with E-state index in [1.807, 2.05) is 11.8 Å². The summed E-state index contributed by atoms with van der Waals surface area (Å²) in [6.45, 7) is 7.22. The predicted molar refractivity (Wildman–Crippen MR) is 93.5 cm³/mol. The molecule has 1 aromatic rings. The van der Waals surface area contributed by atoms with Crippen molar-refractivity contribution < 1.29 is 4.79 Å². The van der Waals surface area contributed by atoms with Crippen molar-refractivity contribution in [3.05, 3.63) is 5.82 Å². The van der Waals surface area contributed by atoms with Crippen LogP contribution in [-0.2, 0) is 4.79 Å². The molecule has 2 saturated heterocycles. The molecule has 0 bridgehead atoms. The Morgan fingerprint density at radius 1 is 1.27 bits per heavy atom. The molecule has 1 amide bonds. The number of carbonyl (C=O) groups is 1. The molecule has 6 nitrogen and oxygen atoms in total. The monoisotopic (exact) mass is 367 g/mol. The lowest BCUT2D eigenvalue weighted by Gasteiger charge is -2.24. The van der Waals surface area contributed by atoms with Gasteiger partial charge in [-0.05, 0) is 26.3 Å². The van der Waals surface area contributed by atoms with Gasteiger partial charge in [-0.3, -0.25) is 4.79 Å². The molecular formula is C13H23Cl2N5OS. The van der Waals surface area contributed by atoms with Gasteiger partial charge in [-0.2, -0.15) is 4.37 Å². The van der Waals surface area contributed by atoms with Crippen molar-refractivity contribution in [3.63, 3.8) is 0 Å². The highest BCUT2D eigenvalue weighted by molar-refractivity contribution is 7.09. The van der Waals surface area contributed by atoms with Gasteiger partial charge in [-0.1, -0.05) is 0 Å². The summed E-state index contributed by atoms with van der Waals surface area (Å²) in [5.41, 5.74) is 0. The zero-order valence-electron chi connectivity index (χ0n) is 12.7. The summed E-state index contributed by atoms with van der Waals surface area (Å²) in [5, 5.41) is 4.26. The maximum absolute atomic E-state index is 12.4. The average Bonchev–Trinajstić information content (AvgIpc) is 3.05. The van der Waals surface area contributed by atoms with Gasteiger partial charge in [0.15, 0.2) is 0 Å². The minimum absolute atomic E-state index is 0. The molecule has 2 fully saturated rings. The molecule has 2 aliphatic rings. The molecule has 0 spiro atoms. The number of aromatic nitrogens is 2. The summed E-state index contributed by atoms with van der Waals surface area (Å²) in [7, 11) is 0. The zero-order chi connectivity index (χ0) is 13.9. The van der Waals surface area contributed by atoms with Crippen molar-refractivity contribution in [2.45, 2.75) is 19.8 Å². The minimum Gasteiger partial charge on any atom is -0.345 e. The second-order valence-electron chi connectivity index (χ2n) is 5.48. The Morgan fingerprint density at radius 3 is 2.73 bits per heavy atom. The second kappa shape index (κ2) is 8.86. The number of rotatable bonds is 2. The third kappa shape index (κ3) is 4.44. The van der Waals surface area contributed by atoms with Crippen LogP contribution in [0.4, 0.5) is 5.13 Å². The molecule has 3 heterocycles. The standard InChI is InChI=1S/C13H21N5OS.2ClH/c1-10-15-13(20-16-10)18-6-2-5-17(7-8-18)12(19)11-3-4-14-9-11;;/h11,14H,2-9H2,1H3;2*1H. The van der Waals surface area contributed by atoms with E-state index in [0.717, 1.165) is 63.1 Å². The van der Waals surface area contributed by atoms with E-state index in [0.29, 0.717) is 5.91 Å². The summed E-state index contributed by atoms with van der Waals surface area (Å²) in [4.78, 5) is 21.2. The van der Waals surface area contributed by atoms with E-state index in [1.165, 1.54) is 11.5 Å². The van der Waals surface area contributed by atoms with E-state index in [9.17, 15) is 4.79 Å². The van der Waals surface area contributed by atoms with Crippen LogP contribution in [0.5, 0.6) is 0 Å². The zero-order valence-corrected chi connectivity index (χ0v) is 15.1. The Balaban J connectivity index is 0.00000121. The van der Waals surface area contributed by atoms with Crippen molar-refractivity contribution >= 4 is 47.4 Å². The lowest BCUT2D eigenvalue weighted by Crippen LogP contribution is -2.39. The van der Waals surface area contributed by atoms with Crippen molar-refractivity contribution in [2.75, 3.05) is 44.2 Å². The third-order valence-electron chi connectivity index (χ3n) is 4.00. The summed E-state index contributed by atoms with van der Waals surface area (Å²) in [5.74, 6) is 1.34. The Labute approximate surface area is 147 Å².